The molecular formula is C13H19ClN2S. The average Bonchev–Trinajstić information content (AvgIpc) is 2.14. The maximum atomic E-state index is 6.15. The van der Waals surface area contributed by atoms with Crippen LogP contribution in [0.4, 0.5) is 5.69 Å². The number of hydrogen-bond acceptors (Lipinski definition) is 2. The van der Waals surface area contributed by atoms with Crippen LogP contribution in [0.2, 0.25) is 5.02 Å². The SMILES string of the molecule is CN(CC(C)(C)C)c1ccc(C(N)=S)c(Cl)c1. The normalized spacial score (nSPS) is 11.4. The molecule has 0 unspecified atom stereocenters. The average molecular weight is 271 g/mol. The fraction of sp³-hybridized carbons (Fsp3) is 0.462. The minimum atomic E-state index is 0.239. The number of rotatable bonds is 3. The summed E-state index contributed by atoms with van der Waals surface area (Å²) < 4.78 is 0. The second kappa shape index (κ2) is 5.23. The van der Waals surface area contributed by atoms with Crippen LogP contribution < -0.4 is 10.6 Å². The van der Waals surface area contributed by atoms with E-state index in [1.165, 1.54) is 0 Å². The van der Waals surface area contributed by atoms with Crippen molar-refractivity contribution in [3.05, 3.63) is 28.8 Å². The first-order valence-corrected chi connectivity index (χ1v) is 6.30. The summed E-state index contributed by atoms with van der Waals surface area (Å²) >= 11 is 11.1. The quantitative estimate of drug-likeness (QED) is 0.853. The lowest BCUT2D eigenvalue weighted by molar-refractivity contribution is 0.419. The molecule has 0 atom stereocenters. The molecule has 2 nitrogen and oxygen atoms in total. The number of anilines is 1. The number of hydrogen-bond donors (Lipinski definition) is 1. The van der Waals surface area contributed by atoms with E-state index >= 15 is 0 Å². The Morgan fingerprint density at radius 3 is 2.41 bits per heavy atom. The molecule has 2 N–H and O–H groups in total. The Morgan fingerprint density at radius 1 is 1.41 bits per heavy atom. The largest absolute Gasteiger partial charge is 0.389 e. The van der Waals surface area contributed by atoms with E-state index in [0.717, 1.165) is 17.8 Å². The van der Waals surface area contributed by atoms with Crippen molar-refractivity contribution in [2.24, 2.45) is 11.1 Å². The highest BCUT2D eigenvalue weighted by atomic mass is 35.5. The summed E-state index contributed by atoms with van der Waals surface area (Å²) in [5.41, 5.74) is 7.62. The third-order valence-corrected chi connectivity index (χ3v) is 2.90. The van der Waals surface area contributed by atoms with Crippen LogP contribution in [0.1, 0.15) is 26.3 Å². The molecule has 94 valence electrons. The predicted octanol–water partition coefficient (Wildman–Crippen LogP) is 3.46. The van der Waals surface area contributed by atoms with Gasteiger partial charge in [0, 0.05) is 24.8 Å². The maximum Gasteiger partial charge on any atom is 0.105 e. The molecule has 0 saturated heterocycles. The van der Waals surface area contributed by atoms with E-state index in [9.17, 15) is 0 Å². The van der Waals surface area contributed by atoms with Crippen LogP contribution in [0, 0.1) is 5.41 Å². The van der Waals surface area contributed by atoms with E-state index in [2.05, 4.69) is 32.7 Å². The van der Waals surface area contributed by atoms with Crippen molar-refractivity contribution in [1.82, 2.24) is 0 Å². The minimum Gasteiger partial charge on any atom is -0.389 e. The van der Waals surface area contributed by atoms with Gasteiger partial charge < -0.3 is 10.6 Å². The van der Waals surface area contributed by atoms with Gasteiger partial charge in [0.25, 0.3) is 0 Å². The first-order valence-electron chi connectivity index (χ1n) is 5.51. The van der Waals surface area contributed by atoms with Gasteiger partial charge in [0.2, 0.25) is 0 Å². The van der Waals surface area contributed by atoms with Gasteiger partial charge in [-0.1, -0.05) is 44.6 Å². The lowest BCUT2D eigenvalue weighted by atomic mass is 9.96. The van der Waals surface area contributed by atoms with Crippen LogP contribution in [0.3, 0.4) is 0 Å². The van der Waals surface area contributed by atoms with Gasteiger partial charge in [0.05, 0.1) is 5.02 Å². The smallest absolute Gasteiger partial charge is 0.105 e. The van der Waals surface area contributed by atoms with Crippen molar-refractivity contribution in [1.29, 1.82) is 0 Å². The Hall–Kier alpha value is -0.800. The topological polar surface area (TPSA) is 29.3 Å². The van der Waals surface area contributed by atoms with Gasteiger partial charge in [-0.05, 0) is 23.6 Å². The highest BCUT2D eigenvalue weighted by Gasteiger charge is 2.15. The predicted molar refractivity (Wildman–Crippen MR) is 80.1 cm³/mol. The van der Waals surface area contributed by atoms with Crippen molar-refractivity contribution in [2.75, 3.05) is 18.5 Å². The van der Waals surface area contributed by atoms with E-state index in [1.807, 2.05) is 18.2 Å². The van der Waals surface area contributed by atoms with E-state index in [0.29, 0.717) is 10.0 Å². The molecule has 0 radical (unpaired) electrons. The maximum absolute atomic E-state index is 6.15. The lowest BCUT2D eigenvalue weighted by Gasteiger charge is -2.28. The molecule has 0 aliphatic carbocycles. The van der Waals surface area contributed by atoms with Crippen LogP contribution in [-0.2, 0) is 0 Å². The summed E-state index contributed by atoms with van der Waals surface area (Å²) in [4.78, 5) is 2.51. The van der Waals surface area contributed by atoms with Crippen LogP contribution in [0.15, 0.2) is 18.2 Å². The number of benzene rings is 1. The van der Waals surface area contributed by atoms with Crippen molar-refractivity contribution in [2.45, 2.75) is 20.8 Å². The van der Waals surface area contributed by atoms with Crippen LogP contribution in [0.5, 0.6) is 0 Å². The van der Waals surface area contributed by atoms with Gasteiger partial charge in [-0.25, -0.2) is 0 Å². The minimum absolute atomic E-state index is 0.239. The molecule has 4 heteroatoms. The molecule has 1 aromatic carbocycles. The Kier molecular flexibility index (Phi) is 4.39. The molecule has 17 heavy (non-hydrogen) atoms. The molecule has 0 aliphatic heterocycles. The Bertz CT molecular complexity index is 424. The third kappa shape index (κ3) is 4.17. The Balaban J connectivity index is 2.94. The van der Waals surface area contributed by atoms with Crippen molar-refractivity contribution < 1.29 is 0 Å². The molecule has 0 bridgehead atoms. The van der Waals surface area contributed by atoms with Gasteiger partial charge in [0.1, 0.15) is 4.99 Å². The molecular weight excluding hydrogens is 252 g/mol. The summed E-state index contributed by atoms with van der Waals surface area (Å²) in [7, 11) is 2.05. The van der Waals surface area contributed by atoms with Crippen LogP contribution >= 0.6 is 23.8 Å². The summed E-state index contributed by atoms with van der Waals surface area (Å²) in [6.45, 7) is 7.56. The van der Waals surface area contributed by atoms with Crippen LogP contribution in [0.25, 0.3) is 0 Å². The second-order valence-corrected chi connectivity index (χ2v) is 6.29. The van der Waals surface area contributed by atoms with Gasteiger partial charge >= 0.3 is 0 Å². The third-order valence-electron chi connectivity index (χ3n) is 2.37. The summed E-state index contributed by atoms with van der Waals surface area (Å²) in [6.07, 6.45) is 0. The van der Waals surface area contributed by atoms with E-state index in [4.69, 9.17) is 29.6 Å². The molecule has 0 aromatic heterocycles. The lowest BCUT2D eigenvalue weighted by Crippen LogP contribution is -2.29. The van der Waals surface area contributed by atoms with Gasteiger partial charge in [0.15, 0.2) is 0 Å². The number of nitrogens with zero attached hydrogens (tertiary/aromatic N) is 1. The Labute approximate surface area is 114 Å². The fourth-order valence-corrected chi connectivity index (χ4v) is 2.25. The van der Waals surface area contributed by atoms with E-state index in [-0.39, 0.29) is 5.41 Å². The van der Waals surface area contributed by atoms with Crippen molar-refractivity contribution in [3.63, 3.8) is 0 Å². The highest BCUT2D eigenvalue weighted by Crippen LogP contribution is 2.25. The van der Waals surface area contributed by atoms with Gasteiger partial charge in [-0.3, -0.25) is 0 Å². The molecule has 0 heterocycles. The van der Waals surface area contributed by atoms with Gasteiger partial charge in [-0.15, -0.1) is 0 Å². The zero-order valence-corrected chi connectivity index (χ0v) is 12.3. The molecule has 0 aliphatic rings. The summed E-state index contributed by atoms with van der Waals surface area (Å²) in [5.74, 6) is 0. The Morgan fingerprint density at radius 2 is 2.00 bits per heavy atom. The molecule has 1 rings (SSSR count). The van der Waals surface area contributed by atoms with E-state index < -0.39 is 0 Å². The molecule has 1 aromatic rings. The van der Waals surface area contributed by atoms with Crippen molar-refractivity contribution >= 4 is 34.5 Å². The van der Waals surface area contributed by atoms with E-state index in [1.54, 1.807) is 0 Å². The number of nitrogens with two attached hydrogens (primary N) is 1. The standard InChI is InChI=1S/C13H19ClN2S/c1-13(2,3)8-16(4)9-5-6-10(12(15)17)11(14)7-9/h5-7H,8H2,1-4H3,(H2,15,17). The van der Waals surface area contributed by atoms with Crippen LogP contribution in [-0.4, -0.2) is 18.6 Å². The molecule has 0 amide bonds. The zero-order valence-electron chi connectivity index (χ0n) is 10.7. The molecule has 0 saturated carbocycles. The highest BCUT2D eigenvalue weighted by molar-refractivity contribution is 7.80. The first kappa shape index (κ1) is 14.3. The van der Waals surface area contributed by atoms with Gasteiger partial charge in [-0.2, -0.15) is 0 Å². The summed E-state index contributed by atoms with van der Waals surface area (Å²) in [6, 6.07) is 5.77. The van der Waals surface area contributed by atoms with Crippen molar-refractivity contribution in [3.8, 4) is 0 Å². The molecule has 0 spiro atoms. The fourth-order valence-electron chi connectivity index (χ4n) is 1.74. The zero-order chi connectivity index (χ0) is 13.2. The first-order chi connectivity index (χ1) is 7.70. The monoisotopic (exact) mass is 270 g/mol. The summed E-state index contributed by atoms with van der Waals surface area (Å²) in [5, 5.41) is 0.607. The number of halogens is 1. The number of thiocarbonyl (C=S) groups is 1. The second-order valence-electron chi connectivity index (χ2n) is 5.45. The molecule has 0 fully saturated rings.